The van der Waals surface area contributed by atoms with Crippen molar-refractivity contribution < 1.29 is 0 Å². The number of hydrogen-bond donors (Lipinski definition) is 0. The fourth-order valence-corrected chi connectivity index (χ4v) is 13.8. The minimum Gasteiger partial charge on any atom is -0.309 e. The van der Waals surface area contributed by atoms with Crippen molar-refractivity contribution in [2.45, 2.75) is 19.6 Å². The van der Waals surface area contributed by atoms with Crippen LogP contribution < -0.4 is 0 Å². The predicted molar refractivity (Wildman–Crippen MR) is 266 cm³/mol. The summed E-state index contributed by atoms with van der Waals surface area (Å²) < 4.78 is 4.89. The molecule has 2 aromatic heterocycles. The molecule has 63 heavy (non-hydrogen) atoms. The molecule has 10 aromatic carbocycles. The van der Waals surface area contributed by atoms with Gasteiger partial charge in [0.25, 0.3) is 0 Å². The van der Waals surface area contributed by atoms with Gasteiger partial charge in [-0.3, -0.25) is 0 Å². The molecule has 298 valence electrons. The van der Waals surface area contributed by atoms with E-state index in [2.05, 4.69) is 264 Å². The molecule has 0 saturated carbocycles. The maximum atomic E-state index is 2.45. The normalized spacial score (nSPS) is 12.1. The first-order valence-corrected chi connectivity index (χ1v) is 23.2. The van der Waals surface area contributed by atoms with E-state index in [1.165, 1.54) is 85.4 Å². The third-order valence-electron chi connectivity index (χ3n) is 12.6. The Hall–Kier alpha value is -7.85. The Morgan fingerprint density at radius 3 is 1.35 bits per heavy atom. The van der Waals surface area contributed by atoms with Crippen LogP contribution in [0.5, 0.6) is 0 Å². The Morgan fingerprint density at radius 1 is 0.254 bits per heavy atom. The number of hydrogen-bond acceptors (Lipinski definition) is 0. The largest absolute Gasteiger partial charge is 0.309 e. The molecule has 12 rings (SSSR count). The van der Waals surface area contributed by atoms with E-state index in [4.69, 9.17) is 0 Å². The second-order valence-corrected chi connectivity index (χ2v) is 19.2. The van der Waals surface area contributed by atoms with Crippen LogP contribution in [0.1, 0.15) is 0 Å². The lowest BCUT2D eigenvalue weighted by atomic mass is 9.96. The topological polar surface area (TPSA) is 9.86 Å². The molecule has 12 aromatic rings. The molecule has 3 heteroatoms. The van der Waals surface area contributed by atoms with E-state index in [0.717, 1.165) is 11.4 Å². The first kappa shape index (κ1) is 37.0. The van der Waals surface area contributed by atoms with Crippen molar-refractivity contribution in [1.29, 1.82) is 0 Å². The van der Waals surface area contributed by atoms with Gasteiger partial charge in [-0.25, -0.2) is 0 Å². The summed E-state index contributed by atoms with van der Waals surface area (Å²) >= 11 is 0. The number of nitrogens with zero attached hydrogens (tertiary/aromatic N) is 2. The third-order valence-corrected chi connectivity index (χ3v) is 16.5. The SMILES string of the molecule is c1ccc(-c2cccc(-c3cccc4c3c3ccccc3n4-c3ccc4c(c3)c3ccccc3n4-c3ccc(S(c4ccccc4)(c4ccccc4)c4ccccc4)cc3)c2)cc1. The molecule has 0 radical (unpaired) electrons. The number of fused-ring (bicyclic) bond motifs is 6. The van der Waals surface area contributed by atoms with Crippen molar-refractivity contribution in [1.82, 2.24) is 9.13 Å². The fraction of sp³-hybridized carbons (Fsp3) is 0. The van der Waals surface area contributed by atoms with Crippen LogP contribution in [0, 0.1) is 0 Å². The predicted octanol–water partition coefficient (Wildman–Crippen LogP) is 16.6. The van der Waals surface area contributed by atoms with Crippen molar-refractivity contribution in [3.8, 4) is 33.6 Å². The summed E-state index contributed by atoms with van der Waals surface area (Å²) in [6.45, 7) is 0. The van der Waals surface area contributed by atoms with E-state index in [9.17, 15) is 0 Å². The van der Waals surface area contributed by atoms with Gasteiger partial charge in [0, 0.05) is 52.5 Å². The van der Waals surface area contributed by atoms with Crippen molar-refractivity contribution >= 4 is 53.6 Å². The molecule has 0 aliphatic heterocycles. The van der Waals surface area contributed by atoms with Crippen LogP contribution in [0.4, 0.5) is 0 Å². The Morgan fingerprint density at radius 2 is 0.698 bits per heavy atom. The Bertz CT molecular complexity index is 3490. The van der Waals surface area contributed by atoms with Crippen molar-refractivity contribution in [2.24, 2.45) is 0 Å². The van der Waals surface area contributed by atoms with Crippen LogP contribution in [0.3, 0.4) is 0 Å². The summed E-state index contributed by atoms with van der Waals surface area (Å²) in [7, 11) is -1.80. The third kappa shape index (κ3) is 5.96. The van der Waals surface area contributed by atoms with Crippen LogP contribution in [0.25, 0.3) is 77.2 Å². The fourth-order valence-electron chi connectivity index (χ4n) is 9.90. The minimum atomic E-state index is -1.80. The lowest BCUT2D eigenvalue weighted by molar-refractivity contribution is 1.15. The van der Waals surface area contributed by atoms with Crippen molar-refractivity contribution in [3.63, 3.8) is 0 Å². The highest BCUT2D eigenvalue weighted by Crippen LogP contribution is 2.73. The summed E-state index contributed by atoms with van der Waals surface area (Å²) in [5, 5.41) is 4.97. The highest BCUT2D eigenvalue weighted by atomic mass is 32.3. The van der Waals surface area contributed by atoms with Gasteiger partial charge < -0.3 is 9.13 Å². The summed E-state index contributed by atoms with van der Waals surface area (Å²) in [5.41, 5.74) is 11.9. The Labute approximate surface area is 368 Å². The van der Waals surface area contributed by atoms with E-state index in [-0.39, 0.29) is 0 Å². The number of rotatable bonds is 8. The zero-order chi connectivity index (χ0) is 41.7. The van der Waals surface area contributed by atoms with Crippen LogP contribution in [-0.2, 0) is 0 Å². The van der Waals surface area contributed by atoms with Crippen LogP contribution in [0.15, 0.2) is 274 Å². The first-order chi connectivity index (χ1) is 31.3. The lowest BCUT2D eigenvalue weighted by Crippen LogP contribution is -2.05. The van der Waals surface area contributed by atoms with Crippen molar-refractivity contribution in [2.75, 3.05) is 0 Å². The van der Waals surface area contributed by atoms with Gasteiger partial charge in [-0.1, -0.05) is 152 Å². The molecular formula is C60H42N2S. The molecule has 0 spiro atoms. The smallest absolute Gasteiger partial charge is 0.0547 e. The highest BCUT2D eigenvalue weighted by molar-refractivity contribution is 8.34. The number of para-hydroxylation sites is 2. The molecule has 0 amide bonds. The molecule has 0 aliphatic carbocycles. The van der Waals surface area contributed by atoms with E-state index in [1.807, 2.05) is 0 Å². The molecule has 0 aliphatic rings. The summed E-state index contributed by atoms with van der Waals surface area (Å²) in [6.07, 6.45) is 0. The first-order valence-electron chi connectivity index (χ1n) is 21.6. The van der Waals surface area contributed by atoms with Gasteiger partial charge in [-0.2, -0.15) is 0 Å². The number of benzene rings is 10. The summed E-state index contributed by atoms with van der Waals surface area (Å²) in [4.78, 5) is 5.25. The molecule has 2 nitrogen and oxygen atoms in total. The van der Waals surface area contributed by atoms with Crippen LogP contribution >= 0.6 is 10.0 Å². The Balaban J connectivity index is 1.02. The van der Waals surface area contributed by atoms with Crippen LogP contribution in [0.2, 0.25) is 0 Å². The molecule has 2 heterocycles. The molecule has 0 fully saturated rings. The van der Waals surface area contributed by atoms with E-state index < -0.39 is 10.0 Å². The average Bonchev–Trinajstić information content (AvgIpc) is 3.88. The molecule has 0 saturated heterocycles. The maximum absolute atomic E-state index is 2.45. The van der Waals surface area contributed by atoms with Crippen LogP contribution in [-0.4, -0.2) is 9.13 Å². The van der Waals surface area contributed by atoms with Gasteiger partial charge >= 0.3 is 0 Å². The summed E-state index contributed by atoms with van der Waals surface area (Å²) in [5.74, 6) is 0. The molecule has 0 atom stereocenters. The quantitative estimate of drug-likeness (QED) is 0.144. The monoisotopic (exact) mass is 822 g/mol. The van der Waals surface area contributed by atoms with Crippen molar-refractivity contribution in [3.05, 3.63) is 255 Å². The molecular weight excluding hydrogens is 781 g/mol. The molecule has 0 bridgehead atoms. The van der Waals surface area contributed by atoms with E-state index in [1.54, 1.807) is 0 Å². The van der Waals surface area contributed by atoms with E-state index in [0.29, 0.717) is 0 Å². The second-order valence-electron chi connectivity index (χ2n) is 16.1. The summed E-state index contributed by atoms with van der Waals surface area (Å²) in [6, 6.07) is 93.7. The molecule has 0 unspecified atom stereocenters. The van der Waals surface area contributed by atoms with Gasteiger partial charge in [0.1, 0.15) is 0 Å². The van der Waals surface area contributed by atoms with Gasteiger partial charge in [-0.05, 0) is 125 Å². The van der Waals surface area contributed by atoms with E-state index >= 15 is 0 Å². The minimum absolute atomic E-state index is 1.14. The zero-order valence-corrected chi connectivity index (χ0v) is 35.4. The average molecular weight is 823 g/mol. The van der Waals surface area contributed by atoms with Gasteiger partial charge in [0.05, 0.1) is 22.1 Å². The van der Waals surface area contributed by atoms with Gasteiger partial charge in [0.15, 0.2) is 0 Å². The standard InChI is InChI=1S/C60H42N2S/c1-5-19-43(20-6-1)44-21-17-22-45(41-44)52-31-18-34-59-60(52)54-30-14-16-33-57(54)62(59)47-37-40-58-55(42-47)53-29-13-15-32-56(53)61(58)46-35-38-51(39-36-46)63(48-23-7-2-8-24-48,49-25-9-3-10-26-49)50-27-11-4-12-28-50/h1-42H. The Kier molecular flexibility index (Phi) is 8.95. The van der Waals surface area contributed by atoms with Gasteiger partial charge in [0.2, 0.25) is 0 Å². The maximum Gasteiger partial charge on any atom is 0.0547 e. The zero-order valence-electron chi connectivity index (χ0n) is 34.6. The van der Waals surface area contributed by atoms with Gasteiger partial charge in [-0.15, -0.1) is 10.0 Å². The highest BCUT2D eigenvalue weighted by Gasteiger charge is 2.33. The molecule has 0 N–H and O–H groups in total. The second kappa shape index (κ2) is 15.3. The lowest BCUT2D eigenvalue weighted by Gasteiger charge is -2.42. The number of aromatic nitrogens is 2.